The molecule has 152 valence electrons. The molecule has 0 spiro atoms. The maximum atomic E-state index is 12.5. The third-order valence-electron chi connectivity index (χ3n) is 5.24. The SMILES string of the molecule is C[C@H](Cc1cccc2ccccc12)C(=O)NCCOc1ccc(C(C)(C)C)cc1. The second-order valence-electron chi connectivity index (χ2n) is 8.66. The summed E-state index contributed by atoms with van der Waals surface area (Å²) >= 11 is 0. The summed E-state index contributed by atoms with van der Waals surface area (Å²) in [5, 5.41) is 5.42. The van der Waals surface area contributed by atoms with Gasteiger partial charge in [0.1, 0.15) is 12.4 Å². The van der Waals surface area contributed by atoms with Crippen molar-refractivity contribution in [2.75, 3.05) is 13.2 Å². The van der Waals surface area contributed by atoms with Gasteiger partial charge in [0.25, 0.3) is 0 Å². The van der Waals surface area contributed by atoms with Crippen LogP contribution in [0, 0.1) is 5.92 Å². The molecular weight excluding hydrogens is 358 g/mol. The summed E-state index contributed by atoms with van der Waals surface area (Å²) in [5.41, 5.74) is 2.62. The molecule has 3 heteroatoms. The van der Waals surface area contributed by atoms with Crippen molar-refractivity contribution in [3.63, 3.8) is 0 Å². The molecule has 0 aliphatic carbocycles. The van der Waals surface area contributed by atoms with Crippen molar-refractivity contribution < 1.29 is 9.53 Å². The van der Waals surface area contributed by atoms with E-state index < -0.39 is 0 Å². The first kappa shape index (κ1) is 20.9. The predicted octanol–water partition coefficient (Wildman–Crippen LogP) is 5.51. The van der Waals surface area contributed by atoms with Gasteiger partial charge >= 0.3 is 0 Å². The van der Waals surface area contributed by atoms with E-state index in [2.05, 4.69) is 68.6 Å². The van der Waals surface area contributed by atoms with Gasteiger partial charge in [0.2, 0.25) is 5.91 Å². The van der Waals surface area contributed by atoms with Crippen molar-refractivity contribution >= 4 is 16.7 Å². The summed E-state index contributed by atoms with van der Waals surface area (Å²) in [5.74, 6) is 0.799. The standard InChI is InChI=1S/C26H31NO2/c1-19(18-21-10-7-9-20-8-5-6-11-24(20)21)25(28)27-16-17-29-23-14-12-22(13-15-23)26(2,3)4/h5-15,19H,16-18H2,1-4H3,(H,27,28)/t19-/m1/s1. The van der Waals surface area contributed by atoms with Crippen LogP contribution in [0.2, 0.25) is 0 Å². The highest BCUT2D eigenvalue weighted by molar-refractivity contribution is 5.86. The van der Waals surface area contributed by atoms with Gasteiger partial charge in [-0.2, -0.15) is 0 Å². The number of hydrogen-bond acceptors (Lipinski definition) is 2. The predicted molar refractivity (Wildman–Crippen MR) is 120 cm³/mol. The zero-order valence-electron chi connectivity index (χ0n) is 17.9. The molecule has 1 atom stereocenters. The Kier molecular flexibility index (Phi) is 6.58. The fraction of sp³-hybridized carbons (Fsp3) is 0.346. The minimum Gasteiger partial charge on any atom is -0.492 e. The van der Waals surface area contributed by atoms with Crippen LogP contribution in [0.5, 0.6) is 5.75 Å². The van der Waals surface area contributed by atoms with Crippen molar-refractivity contribution in [1.29, 1.82) is 0 Å². The third-order valence-corrected chi connectivity index (χ3v) is 5.24. The molecule has 0 aliphatic rings. The van der Waals surface area contributed by atoms with Crippen LogP contribution in [-0.2, 0) is 16.6 Å². The van der Waals surface area contributed by atoms with Crippen LogP contribution in [0.25, 0.3) is 10.8 Å². The average Bonchev–Trinajstić information content (AvgIpc) is 2.71. The van der Waals surface area contributed by atoms with E-state index in [1.165, 1.54) is 21.9 Å². The zero-order valence-corrected chi connectivity index (χ0v) is 17.9. The summed E-state index contributed by atoms with van der Waals surface area (Å²) in [6.45, 7) is 9.51. The summed E-state index contributed by atoms with van der Waals surface area (Å²) in [7, 11) is 0. The van der Waals surface area contributed by atoms with Crippen molar-refractivity contribution in [3.8, 4) is 5.75 Å². The lowest BCUT2D eigenvalue weighted by Gasteiger charge is -2.19. The molecule has 0 saturated carbocycles. The second-order valence-corrected chi connectivity index (χ2v) is 8.66. The van der Waals surface area contributed by atoms with E-state index in [4.69, 9.17) is 4.74 Å². The molecular formula is C26H31NO2. The number of fused-ring (bicyclic) bond motifs is 1. The van der Waals surface area contributed by atoms with Gasteiger partial charge in [0, 0.05) is 5.92 Å². The van der Waals surface area contributed by atoms with Crippen LogP contribution in [0.15, 0.2) is 66.7 Å². The molecule has 1 N–H and O–H groups in total. The molecule has 3 aromatic rings. The highest BCUT2D eigenvalue weighted by Crippen LogP contribution is 2.24. The molecule has 3 rings (SSSR count). The quantitative estimate of drug-likeness (QED) is 0.541. The molecule has 0 bridgehead atoms. The van der Waals surface area contributed by atoms with Crippen LogP contribution in [0.3, 0.4) is 0 Å². The summed E-state index contributed by atoms with van der Waals surface area (Å²) in [4.78, 5) is 12.5. The van der Waals surface area contributed by atoms with Gasteiger partial charge in [-0.15, -0.1) is 0 Å². The third kappa shape index (κ3) is 5.60. The number of carbonyl (C=O) groups excluding carboxylic acids is 1. The minimum atomic E-state index is -0.0909. The number of ether oxygens (including phenoxy) is 1. The van der Waals surface area contributed by atoms with Gasteiger partial charge in [-0.3, -0.25) is 4.79 Å². The maximum absolute atomic E-state index is 12.5. The topological polar surface area (TPSA) is 38.3 Å². The maximum Gasteiger partial charge on any atom is 0.223 e. The summed E-state index contributed by atoms with van der Waals surface area (Å²) in [6.07, 6.45) is 0.725. The number of hydrogen-bond donors (Lipinski definition) is 1. The Bertz CT molecular complexity index is 949. The normalized spacial score (nSPS) is 12.6. The molecule has 0 radical (unpaired) electrons. The Morgan fingerprint density at radius 1 is 0.966 bits per heavy atom. The number of nitrogens with one attached hydrogen (secondary N) is 1. The van der Waals surface area contributed by atoms with Gasteiger partial charge in [-0.1, -0.05) is 82.3 Å². The van der Waals surface area contributed by atoms with Crippen LogP contribution >= 0.6 is 0 Å². The first-order valence-corrected chi connectivity index (χ1v) is 10.3. The first-order chi connectivity index (χ1) is 13.8. The van der Waals surface area contributed by atoms with Crippen LogP contribution in [0.1, 0.15) is 38.8 Å². The van der Waals surface area contributed by atoms with E-state index in [0.717, 1.165) is 12.2 Å². The molecule has 3 aromatic carbocycles. The first-order valence-electron chi connectivity index (χ1n) is 10.3. The Labute approximate surface area is 174 Å². The smallest absolute Gasteiger partial charge is 0.223 e. The molecule has 0 unspecified atom stereocenters. The van der Waals surface area contributed by atoms with Crippen LogP contribution in [0.4, 0.5) is 0 Å². The summed E-state index contributed by atoms with van der Waals surface area (Å²) < 4.78 is 5.77. The average molecular weight is 390 g/mol. The minimum absolute atomic E-state index is 0.0598. The second kappa shape index (κ2) is 9.13. The molecule has 1 amide bonds. The Morgan fingerprint density at radius 3 is 2.38 bits per heavy atom. The van der Waals surface area contributed by atoms with E-state index in [1.807, 2.05) is 31.2 Å². The lowest BCUT2D eigenvalue weighted by molar-refractivity contribution is -0.124. The number of carbonyl (C=O) groups is 1. The highest BCUT2D eigenvalue weighted by atomic mass is 16.5. The van der Waals surface area contributed by atoms with E-state index in [9.17, 15) is 4.79 Å². The molecule has 0 saturated heterocycles. The Morgan fingerprint density at radius 2 is 1.66 bits per heavy atom. The fourth-order valence-corrected chi connectivity index (χ4v) is 3.46. The van der Waals surface area contributed by atoms with Gasteiger partial charge in [-0.05, 0) is 45.9 Å². The van der Waals surface area contributed by atoms with Gasteiger partial charge in [0.15, 0.2) is 0 Å². The van der Waals surface area contributed by atoms with E-state index in [1.54, 1.807) is 0 Å². The molecule has 0 aromatic heterocycles. The van der Waals surface area contributed by atoms with E-state index >= 15 is 0 Å². The van der Waals surface area contributed by atoms with E-state index in [0.29, 0.717) is 13.2 Å². The molecule has 0 aliphatic heterocycles. The van der Waals surface area contributed by atoms with Crippen molar-refractivity contribution in [2.24, 2.45) is 5.92 Å². The largest absolute Gasteiger partial charge is 0.492 e. The summed E-state index contributed by atoms with van der Waals surface area (Å²) in [6, 6.07) is 22.8. The lowest BCUT2D eigenvalue weighted by atomic mass is 9.87. The Balaban J connectivity index is 1.47. The number of amides is 1. The Hall–Kier alpha value is -2.81. The van der Waals surface area contributed by atoms with Crippen molar-refractivity contribution in [2.45, 2.75) is 39.5 Å². The van der Waals surface area contributed by atoms with Crippen molar-refractivity contribution in [3.05, 3.63) is 77.9 Å². The highest BCUT2D eigenvalue weighted by Gasteiger charge is 2.15. The van der Waals surface area contributed by atoms with Gasteiger partial charge < -0.3 is 10.1 Å². The molecule has 29 heavy (non-hydrogen) atoms. The molecule has 0 fully saturated rings. The zero-order chi connectivity index (χ0) is 20.9. The monoisotopic (exact) mass is 389 g/mol. The molecule has 0 heterocycles. The van der Waals surface area contributed by atoms with Crippen LogP contribution in [-0.4, -0.2) is 19.1 Å². The fourth-order valence-electron chi connectivity index (χ4n) is 3.46. The number of rotatable bonds is 7. The van der Waals surface area contributed by atoms with E-state index in [-0.39, 0.29) is 17.2 Å². The number of benzene rings is 3. The van der Waals surface area contributed by atoms with Crippen molar-refractivity contribution in [1.82, 2.24) is 5.32 Å². The van der Waals surface area contributed by atoms with Crippen LogP contribution < -0.4 is 10.1 Å². The molecule has 3 nitrogen and oxygen atoms in total. The van der Waals surface area contributed by atoms with Gasteiger partial charge in [-0.25, -0.2) is 0 Å². The lowest BCUT2D eigenvalue weighted by Crippen LogP contribution is -2.33. The van der Waals surface area contributed by atoms with Gasteiger partial charge in [0.05, 0.1) is 6.54 Å².